The fourth-order valence-electron chi connectivity index (χ4n) is 5.46. The number of amides is 3. The number of imidazole rings is 1. The number of halogens is 3. The summed E-state index contributed by atoms with van der Waals surface area (Å²) in [6.45, 7) is 1.70. The predicted octanol–water partition coefficient (Wildman–Crippen LogP) is 3.54. The summed E-state index contributed by atoms with van der Waals surface area (Å²) in [5.74, 6) is -4.01. The Bertz CT molecular complexity index is 1520. The fraction of sp³-hybridized carbons (Fsp3) is 0.360. The summed E-state index contributed by atoms with van der Waals surface area (Å²) in [6.07, 6.45) is -4.57. The fourth-order valence-corrected chi connectivity index (χ4v) is 5.46. The second kappa shape index (κ2) is 8.49. The van der Waals surface area contributed by atoms with Gasteiger partial charge in [0, 0.05) is 25.8 Å². The van der Waals surface area contributed by atoms with Crippen LogP contribution < -0.4 is 10.6 Å². The number of urea groups is 1. The molecule has 37 heavy (non-hydrogen) atoms. The minimum Gasteiger partial charge on any atom is -0.481 e. The SMILES string of the molecule is CCn1c(=O)n(C)c2ccc(N3CC(C(=O)O)C(=O)N([C@@H]4CCc5c4cccc5C(F)(F)F)C3=O)cc21. The Morgan fingerprint density at radius 1 is 1.11 bits per heavy atom. The quantitative estimate of drug-likeness (QED) is 0.535. The maximum absolute atomic E-state index is 13.7. The van der Waals surface area contributed by atoms with E-state index in [2.05, 4.69) is 0 Å². The molecule has 1 saturated heterocycles. The van der Waals surface area contributed by atoms with Gasteiger partial charge in [0.05, 0.1) is 22.6 Å². The number of aromatic nitrogens is 2. The zero-order valence-electron chi connectivity index (χ0n) is 20.0. The van der Waals surface area contributed by atoms with E-state index in [1.165, 1.54) is 21.3 Å². The lowest BCUT2D eigenvalue weighted by atomic mass is 9.98. The number of aliphatic carboxylic acids is 1. The van der Waals surface area contributed by atoms with Gasteiger partial charge >= 0.3 is 23.9 Å². The van der Waals surface area contributed by atoms with Gasteiger partial charge in [-0.1, -0.05) is 12.1 Å². The van der Waals surface area contributed by atoms with Gasteiger partial charge < -0.3 is 5.11 Å². The van der Waals surface area contributed by atoms with Crippen LogP contribution in [0.1, 0.15) is 36.1 Å². The van der Waals surface area contributed by atoms with Crippen molar-refractivity contribution in [1.29, 1.82) is 0 Å². The largest absolute Gasteiger partial charge is 0.481 e. The summed E-state index contributed by atoms with van der Waals surface area (Å²) in [4.78, 5) is 53.4. The lowest BCUT2D eigenvalue weighted by molar-refractivity contribution is -0.151. The van der Waals surface area contributed by atoms with Crippen LogP contribution in [0, 0.1) is 5.92 Å². The first-order valence-corrected chi connectivity index (χ1v) is 11.7. The predicted molar refractivity (Wildman–Crippen MR) is 126 cm³/mol. The van der Waals surface area contributed by atoms with Gasteiger partial charge in [-0.25, -0.2) is 9.59 Å². The van der Waals surface area contributed by atoms with Gasteiger partial charge in [0.2, 0.25) is 5.91 Å². The monoisotopic (exact) mass is 516 g/mol. The Morgan fingerprint density at radius 2 is 1.84 bits per heavy atom. The lowest BCUT2D eigenvalue weighted by Gasteiger charge is -2.40. The highest BCUT2D eigenvalue weighted by molar-refractivity contribution is 6.13. The number of carboxylic acid groups (broad SMARTS) is 1. The molecular weight excluding hydrogens is 493 g/mol. The van der Waals surface area contributed by atoms with Gasteiger partial charge in [-0.3, -0.25) is 28.5 Å². The second-order valence-electron chi connectivity index (χ2n) is 9.18. The van der Waals surface area contributed by atoms with E-state index in [0.29, 0.717) is 17.6 Å². The number of nitrogens with zero attached hydrogens (tertiary/aromatic N) is 4. The highest BCUT2D eigenvalue weighted by Gasteiger charge is 2.49. The summed E-state index contributed by atoms with van der Waals surface area (Å²) in [5, 5.41) is 9.78. The lowest BCUT2D eigenvalue weighted by Crippen LogP contribution is -2.59. The molecule has 3 amide bonds. The molecule has 0 radical (unpaired) electrons. The molecule has 9 nitrogen and oxygen atoms in total. The molecule has 1 aromatic heterocycles. The Balaban J connectivity index is 1.61. The van der Waals surface area contributed by atoms with Crippen molar-refractivity contribution in [2.75, 3.05) is 11.4 Å². The number of benzene rings is 2. The second-order valence-corrected chi connectivity index (χ2v) is 9.18. The number of rotatable bonds is 4. The Morgan fingerprint density at radius 3 is 2.49 bits per heavy atom. The molecule has 1 unspecified atom stereocenters. The maximum Gasteiger partial charge on any atom is 0.416 e. The van der Waals surface area contributed by atoms with Crippen molar-refractivity contribution in [1.82, 2.24) is 14.0 Å². The van der Waals surface area contributed by atoms with E-state index in [1.54, 1.807) is 32.2 Å². The molecule has 1 N–H and O–H groups in total. The van der Waals surface area contributed by atoms with Gasteiger partial charge in [-0.15, -0.1) is 0 Å². The third kappa shape index (κ3) is 3.69. The molecule has 1 aliphatic heterocycles. The molecule has 0 saturated carbocycles. The number of imide groups is 1. The topological polar surface area (TPSA) is 105 Å². The van der Waals surface area contributed by atoms with Crippen LogP contribution in [0.4, 0.5) is 23.7 Å². The average molecular weight is 516 g/mol. The molecule has 0 bridgehead atoms. The number of carboxylic acids is 1. The first-order chi connectivity index (χ1) is 17.5. The molecule has 194 valence electrons. The average Bonchev–Trinajstić information content (AvgIpc) is 3.37. The molecule has 2 atom stereocenters. The Hall–Kier alpha value is -4.09. The van der Waals surface area contributed by atoms with Crippen LogP contribution in [0.2, 0.25) is 0 Å². The van der Waals surface area contributed by atoms with E-state index < -0.39 is 48.2 Å². The van der Waals surface area contributed by atoms with Crippen LogP contribution in [0.3, 0.4) is 0 Å². The Kier molecular flexibility index (Phi) is 5.65. The van der Waals surface area contributed by atoms with Gasteiger partial charge in [-0.2, -0.15) is 13.2 Å². The molecule has 1 fully saturated rings. The van der Waals surface area contributed by atoms with E-state index >= 15 is 0 Å². The van der Waals surface area contributed by atoms with Gasteiger partial charge in [0.25, 0.3) is 0 Å². The minimum atomic E-state index is -4.61. The van der Waals surface area contributed by atoms with Crippen LogP contribution in [0.5, 0.6) is 0 Å². The van der Waals surface area contributed by atoms with Crippen LogP contribution in [0.15, 0.2) is 41.2 Å². The molecule has 0 spiro atoms. The van der Waals surface area contributed by atoms with E-state index in [9.17, 15) is 37.5 Å². The number of hydrogen-bond acceptors (Lipinski definition) is 4. The molecule has 3 aromatic rings. The number of carbonyl (C=O) groups excluding carboxylic acids is 2. The molecule has 2 heterocycles. The van der Waals surface area contributed by atoms with Crippen molar-refractivity contribution in [3.05, 3.63) is 63.6 Å². The van der Waals surface area contributed by atoms with Crippen molar-refractivity contribution in [3.63, 3.8) is 0 Å². The summed E-state index contributed by atoms with van der Waals surface area (Å²) in [7, 11) is 1.61. The number of alkyl halides is 3. The standard InChI is InChI=1S/C25H23F3N4O5/c1-3-30-20-11-13(7-9-19(20)29(2)23(30)36)31-12-16(22(34)35)21(33)32(24(31)37)18-10-8-14-15(18)5-4-6-17(14)25(26,27)28/h4-7,9,11,16,18H,3,8,10,12H2,1-2H3,(H,34,35)/t16?,18-/m1/s1. The molecular formula is C25H23F3N4O5. The molecule has 2 aromatic carbocycles. The smallest absolute Gasteiger partial charge is 0.416 e. The van der Waals surface area contributed by atoms with Crippen LogP contribution in [0.25, 0.3) is 11.0 Å². The number of fused-ring (bicyclic) bond motifs is 2. The number of aryl methyl sites for hydroxylation is 2. The first-order valence-electron chi connectivity index (χ1n) is 11.7. The summed E-state index contributed by atoms with van der Waals surface area (Å²) >= 11 is 0. The summed E-state index contributed by atoms with van der Waals surface area (Å²) in [6, 6.07) is 6.52. The molecule has 5 rings (SSSR count). The summed E-state index contributed by atoms with van der Waals surface area (Å²) in [5.41, 5.74) is 0.495. The highest BCUT2D eigenvalue weighted by Crippen LogP contribution is 2.44. The van der Waals surface area contributed by atoms with Gasteiger partial charge in [-0.05, 0) is 55.2 Å². The minimum absolute atomic E-state index is 0.00210. The van der Waals surface area contributed by atoms with Crippen molar-refractivity contribution in [3.8, 4) is 0 Å². The van der Waals surface area contributed by atoms with Crippen LogP contribution in [-0.4, -0.2) is 43.6 Å². The highest BCUT2D eigenvalue weighted by atomic mass is 19.4. The normalized spacial score (nSPS) is 20.1. The third-order valence-electron chi connectivity index (χ3n) is 7.25. The van der Waals surface area contributed by atoms with E-state index in [1.807, 2.05) is 0 Å². The zero-order valence-corrected chi connectivity index (χ0v) is 20.0. The van der Waals surface area contributed by atoms with Crippen molar-refractivity contribution in [2.45, 2.75) is 38.5 Å². The van der Waals surface area contributed by atoms with Gasteiger partial charge in [0.15, 0.2) is 5.92 Å². The van der Waals surface area contributed by atoms with E-state index in [0.717, 1.165) is 15.9 Å². The molecule has 2 aliphatic rings. The first kappa shape index (κ1) is 24.6. The van der Waals surface area contributed by atoms with Crippen LogP contribution in [-0.2, 0) is 35.8 Å². The number of hydrogen-bond donors (Lipinski definition) is 1. The maximum atomic E-state index is 13.7. The van der Waals surface area contributed by atoms with Crippen molar-refractivity contribution >= 4 is 34.6 Å². The third-order valence-corrected chi connectivity index (χ3v) is 7.25. The Labute approximate surface area is 208 Å². The van der Waals surface area contributed by atoms with Crippen molar-refractivity contribution < 1.29 is 32.7 Å². The summed E-state index contributed by atoms with van der Waals surface area (Å²) < 4.78 is 43.7. The van der Waals surface area contributed by atoms with Crippen LogP contribution >= 0.6 is 0 Å². The molecule has 1 aliphatic carbocycles. The molecule has 12 heteroatoms. The van der Waals surface area contributed by atoms with E-state index in [4.69, 9.17) is 0 Å². The zero-order chi connectivity index (χ0) is 26.8. The number of carbonyl (C=O) groups is 3. The number of anilines is 1. The van der Waals surface area contributed by atoms with Crippen molar-refractivity contribution in [2.24, 2.45) is 13.0 Å². The van der Waals surface area contributed by atoms with Gasteiger partial charge in [0.1, 0.15) is 0 Å². The van der Waals surface area contributed by atoms with E-state index in [-0.39, 0.29) is 35.3 Å².